The first-order valence-corrected chi connectivity index (χ1v) is 9.56. The zero-order valence-corrected chi connectivity index (χ0v) is 14.8. The summed E-state index contributed by atoms with van der Waals surface area (Å²) in [5, 5.41) is 7.17. The van der Waals surface area contributed by atoms with Gasteiger partial charge in [0.05, 0.1) is 5.69 Å². The maximum absolute atomic E-state index is 13.9. The third-order valence-electron chi connectivity index (χ3n) is 5.17. The molecule has 1 saturated heterocycles. The van der Waals surface area contributed by atoms with Gasteiger partial charge in [0.1, 0.15) is 5.92 Å². The third kappa shape index (κ3) is 2.90. The van der Waals surface area contributed by atoms with E-state index in [1.54, 1.807) is 11.3 Å². The number of hydrogen-bond donors (Lipinski definition) is 2. The van der Waals surface area contributed by atoms with Gasteiger partial charge in [-0.2, -0.15) is 0 Å². The van der Waals surface area contributed by atoms with Crippen LogP contribution in [0.15, 0.2) is 23.6 Å². The third-order valence-corrected chi connectivity index (χ3v) is 6.27. The van der Waals surface area contributed by atoms with E-state index in [0.29, 0.717) is 6.54 Å². The number of carbonyl (C=O) groups excluding carboxylic acids is 2. The van der Waals surface area contributed by atoms with Crippen molar-refractivity contribution in [2.45, 2.75) is 31.6 Å². The fraction of sp³-hybridized carbons (Fsp3) is 0.368. The van der Waals surface area contributed by atoms with Gasteiger partial charge in [0.25, 0.3) is 0 Å². The average molecular weight is 376 g/mol. The minimum absolute atomic E-state index is 0.249. The molecule has 1 aliphatic carbocycles. The van der Waals surface area contributed by atoms with Crippen LogP contribution in [0, 0.1) is 17.6 Å². The Balaban J connectivity index is 1.61. The van der Waals surface area contributed by atoms with Crippen LogP contribution in [0.1, 0.15) is 34.8 Å². The van der Waals surface area contributed by atoms with Gasteiger partial charge in [-0.15, -0.1) is 11.3 Å². The highest BCUT2D eigenvalue weighted by Gasteiger charge is 2.42. The van der Waals surface area contributed by atoms with E-state index in [0.717, 1.165) is 37.3 Å². The van der Waals surface area contributed by atoms with Crippen molar-refractivity contribution >= 4 is 28.8 Å². The van der Waals surface area contributed by atoms with E-state index >= 15 is 0 Å². The van der Waals surface area contributed by atoms with Crippen LogP contribution in [0.4, 0.5) is 14.5 Å². The summed E-state index contributed by atoms with van der Waals surface area (Å²) in [7, 11) is 0. The molecule has 7 heteroatoms. The van der Waals surface area contributed by atoms with Gasteiger partial charge in [-0.3, -0.25) is 9.59 Å². The van der Waals surface area contributed by atoms with E-state index in [9.17, 15) is 18.4 Å². The van der Waals surface area contributed by atoms with E-state index in [-0.39, 0.29) is 17.5 Å². The van der Waals surface area contributed by atoms with Crippen molar-refractivity contribution in [3.63, 3.8) is 0 Å². The molecule has 4 rings (SSSR count). The summed E-state index contributed by atoms with van der Waals surface area (Å²) in [6, 6.07) is 3.58. The Bertz CT molecular complexity index is 880. The van der Waals surface area contributed by atoms with Gasteiger partial charge >= 0.3 is 0 Å². The zero-order chi connectivity index (χ0) is 18.3. The smallest absolute Gasteiger partial charge is 0.237 e. The molecule has 2 aromatic rings. The quantitative estimate of drug-likeness (QED) is 0.807. The molecule has 1 aromatic carbocycles. The van der Waals surface area contributed by atoms with Gasteiger partial charge in [0.2, 0.25) is 11.8 Å². The molecule has 4 nitrogen and oxygen atoms in total. The summed E-state index contributed by atoms with van der Waals surface area (Å²) in [5.41, 5.74) is 2.06. The Morgan fingerprint density at radius 2 is 2.04 bits per heavy atom. The fourth-order valence-electron chi connectivity index (χ4n) is 3.85. The highest BCUT2D eigenvalue weighted by atomic mass is 32.1. The second kappa shape index (κ2) is 6.79. The predicted octanol–water partition coefficient (Wildman–Crippen LogP) is 3.37. The molecule has 1 aliphatic heterocycles. The van der Waals surface area contributed by atoms with Gasteiger partial charge in [0.15, 0.2) is 11.6 Å². The molecule has 2 aliphatic rings. The minimum atomic E-state index is -1.12. The fourth-order valence-corrected chi connectivity index (χ4v) is 5.06. The Morgan fingerprint density at radius 1 is 1.23 bits per heavy atom. The lowest BCUT2D eigenvalue weighted by molar-refractivity contribution is -0.130. The number of amides is 2. The van der Waals surface area contributed by atoms with Gasteiger partial charge in [0, 0.05) is 17.3 Å². The molecular weight excluding hydrogens is 358 g/mol. The van der Waals surface area contributed by atoms with Crippen molar-refractivity contribution in [1.82, 2.24) is 5.32 Å². The molecule has 0 spiro atoms. The number of fused-ring (bicyclic) bond motifs is 1. The first-order valence-electron chi connectivity index (χ1n) is 8.68. The molecule has 26 heavy (non-hydrogen) atoms. The number of rotatable bonds is 3. The highest BCUT2D eigenvalue weighted by Crippen LogP contribution is 2.39. The highest BCUT2D eigenvalue weighted by molar-refractivity contribution is 7.10. The van der Waals surface area contributed by atoms with Crippen molar-refractivity contribution in [3.8, 4) is 0 Å². The standard InChI is InChI=1S/C19H18F2N2O2S/c20-13-5-3-6-14(17(13)21)23-19(25)16-11(8-22-18(16)24)12-9-26-15-7-2-1-4-10(12)15/h3,5-6,9,11,16H,1-2,4,7-8H2,(H,22,24)(H,23,25)/t11-,16-/m1/s1. The normalized spacial score (nSPS) is 22.0. The van der Waals surface area contributed by atoms with Crippen molar-refractivity contribution in [2.75, 3.05) is 11.9 Å². The van der Waals surface area contributed by atoms with Gasteiger partial charge in [-0.25, -0.2) is 8.78 Å². The van der Waals surface area contributed by atoms with Crippen LogP contribution in [0.3, 0.4) is 0 Å². The molecule has 0 saturated carbocycles. The van der Waals surface area contributed by atoms with Crippen LogP contribution >= 0.6 is 11.3 Å². The Hall–Kier alpha value is -2.28. The van der Waals surface area contributed by atoms with E-state index in [2.05, 4.69) is 10.6 Å². The maximum Gasteiger partial charge on any atom is 0.237 e. The van der Waals surface area contributed by atoms with E-state index in [4.69, 9.17) is 0 Å². The lowest BCUT2D eigenvalue weighted by atomic mass is 9.84. The molecule has 1 aromatic heterocycles. The number of benzene rings is 1. The topological polar surface area (TPSA) is 58.2 Å². The molecule has 0 bridgehead atoms. The van der Waals surface area contributed by atoms with Crippen LogP contribution in [0.5, 0.6) is 0 Å². The number of carbonyl (C=O) groups is 2. The zero-order valence-electron chi connectivity index (χ0n) is 14.0. The largest absolute Gasteiger partial charge is 0.355 e. The van der Waals surface area contributed by atoms with Gasteiger partial charge in [-0.05, 0) is 54.3 Å². The molecular formula is C19H18F2N2O2S. The van der Waals surface area contributed by atoms with Gasteiger partial charge in [-0.1, -0.05) is 6.07 Å². The molecule has 2 N–H and O–H groups in total. The average Bonchev–Trinajstić information content (AvgIpc) is 3.22. The molecule has 2 heterocycles. The molecule has 136 valence electrons. The number of thiophene rings is 1. The molecule has 2 atom stereocenters. The van der Waals surface area contributed by atoms with E-state index in [1.165, 1.54) is 22.6 Å². The van der Waals surface area contributed by atoms with Crippen LogP contribution in [-0.4, -0.2) is 18.4 Å². The number of hydrogen-bond acceptors (Lipinski definition) is 3. The summed E-state index contributed by atoms with van der Waals surface area (Å²) in [4.78, 5) is 26.3. The monoisotopic (exact) mass is 376 g/mol. The second-order valence-electron chi connectivity index (χ2n) is 6.72. The van der Waals surface area contributed by atoms with E-state index < -0.39 is 23.5 Å². The summed E-state index contributed by atoms with van der Waals surface area (Å²) >= 11 is 1.68. The lowest BCUT2D eigenvalue weighted by Gasteiger charge is -2.20. The number of halogens is 2. The second-order valence-corrected chi connectivity index (χ2v) is 7.68. The Morgan fingerprint density at radius 3 is 2.88 bits per heavy atom. The lowest BCUT2D eigenvalue weighted by Crippen LogP contribution is -2.32. The van der Waals surface area contributed by atoms with Crippen LogP contribution in [-0.2, 0) is 22.4 Å². The summed E-state index contributed by atoms with van der Waals surface area (Å²) < 4.78 is 27.2. The van der Waals surface area contributed by atoms with Crippen molar-refractivity contribution < 1.29 is 18.4 Å². The number of nitrogens with one attached hydrogen (secondary N) is 2. The molecule has 1 fully saturated rings. The molecule has 2 amide bonds. The van der Waals surface area contributed by atoms with Crippen molar-refractivity contribution in [1.29, 1.82) is 0 Å². The predicted molar refractivity (Wildman–Crippen MR) is 95.2 cm³/mol. The Labute approximate surface area is 153 Å². The summed E-state index contributed by atoms with van der Waals surface area (Å²) in [6.07, 6.45) is 4.28. The maximum atomic E-state index is 13.9. The van der Waals surface area contributed by atoms with Crippen LogP contribution in [0.25, 0.3) is 0 Å². The SMILES string of the molecule is O=C1NC[C@H](c2csc3c2CCCC3)[C@H]1C(=O)Nc1cccc(F)c1F. The van der Waals surface area contributed by atoms with E-state index in [1.807, 2.05) is 5.38 Å². The number of aryl methyl sites for hydroxylation is 1. The summed E-state index contributed by atoms with van der Waals surface area (Å²) in [6.45, 7) is 0.381. The first-order chi connectivity index (χ1) is 12.6. The number of anilines is 1. The minimum Gasteiger partial charge on any atom is -0.355 e. The molecule has 0 radical (unpaired) electrons. The molecule has 0 unspecified atom stereocenters. The summed E-state index contributed by atoms with van der Waals surface area (Å²) in [5.74, 6) is -4.37. The van der Waals surface area contributed by atoms with Crippen LogP contribution < -0.4 is 10.6 Å². The van der Waals surface area contributed by atoms with Crippen LogP contribution in [0.2, 0.25) is 0 Å². The Kier molecular flexibility index (Phi) is 4.48. The van der Waals surface area contributed by atoms with Crippen molar-refractivity contribution in [2.24, 2.45) is 5.92 Å². The van der Waals surface area contributed by atoms with Gasteiger partial charge < -0.3 is 10.6 Å². The van der Waals surface area contributed by atoms with Crippen molar-refractivity contribution in [3.05, 3.63) is 51.2 Å². The first kappa shape index (κ1) is 17.1.